The van der Waals surface area contributed by atoms with Gasteiger partial charge in [0.15, 0.2) is 0 Å². The summed E-state index contributed by atoms with van der Waals surface area (Å²) in [6, 6.07) is 14.3. The molecule has 6 rings (SSSR count). The SMILES string of the molecule is CC[C@@]12C=CCN(C)C(=O)[C@@H]1[C@H]1C(=O)N([C@H](CO)c3ccccc3)C3C(=O)N(c4ccccc4Cl)CC=C[C@@]31O2. The van der Waals surface area contributed by atoms with Crippen molar-refractivity contribution in [1.29, 1.82) is 0 Å². The third-order valence-corrected chi connectivity index (χ3v) is 9.24. The number of hydrogen-bond acceptors (Lipinski definition) is 5. The Balaban J connectivity index is 1.57. The van der Waals surface area contributed by atoms with Crippen LogP contribution in [0.3, 0.4) is 0 Å². The molecule has 2 saturated heterocycles. The van der Waals surface area contributed by atoms with Crippen LogP contribution < -0.4 is 4.90 Å². The maximum atomic E-state index is 14.7. The van der Waals surface area contributed by atoms with Crippen LogP contribution in [0.4, 0.5) is 5.69 Å². The minimum absolute atomic E-state index is 0.198. The number of hydrogen-bond donors (Lipinski definition) is 1. The van der Waals surface area contributed by atoms with E-state index in [0.29, 0.717) is 29.2 Å². The molecule has 40 heavy (non-hydrogen) atoms. The lowest BCUT2D eigenvalue weighted by molar-refractivity contribution is -0.152. The molecule has 6 atom stereocenters. The Bertz CT molecular complexity index is 1410. The van der Waals surface area contributed by atoms with Gasteiger partial charge in [0.2, 0.25) is 11.8 Å². The highest BCUT2D eigenvalue weighted by Crippen LogP contribution is 2.59. The first-order valence-electron chi connectivity index (χ1n) is 13.6. The number of rotatable bonds is 5. The molecule has 9 heteroatoms. The fraction of sp³-hybridized carbons (Fsp3) is 0.387. The number of aliphatic hydroxyl groups excluding tert-OH is 1. The molecular weight excluding hydrogens is 530 g/mol. The molecule has 3 amide bonds. The number of halogens is 1. The maximum Gasteiger partial charge on any atom is 0.253 e. The summed E-state index contributed by atoms with van der Waals surface area (Å²) in [7, 11) is 1.71. The lowest BCUT2D eigenvalue weighted by Gasteiger charge is -2.41. The van der Waals surface area contributed by atoms with E-state index in [1.54, 1.807) is 41.1 Å². The summed E-state index contributed by atoms with van der Waals surface area (Å²) in [6.07, 6.45) is 7.88. The van der Waals surface area contributed by atoms with Gasteiger partial charge in [0.25, 0.3) is 5.91 Å². The number of likely N-dealkylation sites (N-methyl/N-ethyl adjacent to an activating group) is 1. The van der Waals surface area contributed by atoms with Gasteiger partial charge in [-0.25, -0.2) is 0 Å². The number of ether oxygens (including phenoxy) is 1. The van der Waals surface area contributed by atoms with Crippen molar-refractivity contribution in [3.8, 4) is 0 Å². The Morgan fingerprint density at radius 1 is 0.950 bits per heavy atom. The third-order valence-electron chi connectivity index (χ3n) is 8.92. The van der Waals surface area contributed by atoms with E-state index in [4.69, 9.17) is 16.3 Å². The number of likely N-dealkylation sites (tertiary alicyclic amines) is 1. The number of carbonyl (C=O) groups excluding carboxylic acids is 3. The van der Waals surface area contributed by atoms with E-state index in [1.165, 1.54) is 4.90 Å². The summed E-state index contributed by atoms with van der Waals surface area (Å²) >= 11 is 6.55. The van der Waals surface area contributed by atoms with Gasteiger partial charge in [-0.3, -0.25) is 14.4 Å². The predicted molar refractivity (Wildman–Crippen MR) is 150 cm³/mol. The lowest BCUT2D eigenvalue weighted by atomic mass is 9.73. The number of amides is 3. The van der Waals surface area contributed by atoms with Gasteiger partial charge < -0.3 is 24.5 Å². The zero-order chi connectivity index (χ0) is 28.2. The molecule has 0 radical (unpaired) electrons. The zero-order valence-electron chi connectivity index (χ0n) is 22.4. The minimum Gasteiger partial charge on any atom is -0.394 e. The molecule has 1 spiro atoms. The second-order valence-corrected chi connectivity index (χ2v) is 11.3. The first-order valence-corrected chi connectivity index (χ1v) is 14.0. The summed E-state index contributed by atoms with van der Waals surface area (Å²) in [5.41, 5.74) is -1.28. The molecule has 4 aliphatic heterocycles. The number of nitrogens with zero attached hydrogens (tertiary/aromatic N) is 3. The van der Waals surface area contributed by atoms with E-state index in [1.807, 2.05) is 61.6 Å². The Kier molecular flexibility index (Phi) is 6.60. The van der Waals surface area contributed by atoms with Crippen molar-refractivity contribution >= 4 is 35.0 Å². The van der Waals surface area contributed by atoms with E-state index in [0.717, 1.165) is 0 Å². The largest absolute Gasteiger partial charge is 0.394 e. The van der Waals surface area contributed by atoms with Gasteiger partial charge in [0, 0.05) is 20.1 Å². The van der Waals surface area contributed by atoms with Crippen molar-refractivity contribution in [3.63, 3.8) is 0 Å². The van der Waals surface area contributed by atoms with Crippen LogP contribution in [0, 0.1) is 11.8 Å². The van der Waals surface area contributed by atoms with Crippen molar-refractivity contribution in [2.24, 2.45) is 11.8 Å². The van der Waals surface area contributed by atoms with Crippen molar-refractivity contribution in [2.75, 3.05) is 31.6 Å². The van der Waals surface area contributed by atoms with Crippen LogP contribution in [0.15, 0.2) is 78.9 Å². The van der Waals surface area contributed by atoms with Crippen molar-refractivity contribution in [3.05, 3.63) is 89.5 Å². The first kappa shape index (κ1) is 26.7. The molecule has 0 aromatic heterocycles. The molecule has 1 N–H and O–H groups in total. The van der Waals surface area contributed by atoms with Crippen molar-refractivity contribution in [2.45, 2.75) is 36.6 Å². The fourth-order valence-corrected chi connectivity index (χ4v) is 7.31. The maximum absolute atomic E-state index is 14.7. The van der Waals surface area contributed by atoms with Crippen molar-refractivity contribution in [1.82, 2.24) is 9.80 Å². The van der Waals surface area contributed by atoms with Crippen LogP contribution in [0.5, 0.6) is 0 Å². The molecular formula is C31H32ClN3O5. The average Bonchev–Trinajstić information content (AvgIpc) is 3.26. The number of anilines is 1. The molecule has 2 aromatic rings. The first-order chi connectivity index (χ1) is 19.3. The number of aliphatic hydroxyl groups is 1. The average molecular weight is 562 g/mol. The molecule has 208 valence electrons. The fourth-order valence-electron chi connectivity index (χ4n) is 7.07. The van der Waals surface area contributed by atoms with Gasteiger partial charge in [-0.05, 0) is 24.1 Å². The Morgan fingerprint density at radius 3 is 2.35 bits per heavy atom. The Labute approximate surface area is 238 Å². The highest BCUT2D eigenvalue weighted by Gasteiger charge is 2.76. The van der Waals surface area contributed by atoms with Crippen molar-refractivity contribution < 1.29 is 24.2 Å². The number of carbonyl (C=O) groups is 3. The molecule has 2 aromatic carbocycles. The summed E-state index contributed by atoms with van der Waals surface area (Å²) in [4.78, 5) is 47.9. The monoisotopic (exact) mass is 561 g/mol. The van der Waals surface area contributed by atoms with Gasteiger partial charge >= 0.3 is 0 Å². The molecule has 0 saturated carbocycles. The quantitative estimate of drug-likeness (QED) is 0.565. The summed E-state index contributed by atoms with van der Waals surface area (Å²) in [5, 5.41) is 11.1. The predicted octanol–water partition coefficient (Wildman–Crippen LogP) is 3.37. The molecule has 4 heterocycles. The molecule has 0 bridgehead atoms. The molecule has 0 aliphatic carbocycles. The van der Waals surface area contributed by atoms with Gasteiger partial charge in [-0.1, -0.05) is 85.3 Å². The molecule has 1 unspecified atom stereocenters. The van der Waals surface area contributed by atoms with Crippen LogP contribution in [0.25, 0.3) is 0 Å². The molecule has 8 nitrogen and oxygen atoms in total. The number of para-hydroxylation sites is 1. The van der Waals surface area contributed by atoms with Crippen LogP contribution in [0.1, 0.15) is 24.9 Å². The Hall–Kier alpha value is -3.46. The van der Waals surface area contributed by atoms with E-state index in [-0.39, 0.29) is 24.3 Å². The molecule has 4 aliphatic rings. The summed E-state index contributed by atoms with van der Waals surface area (Å²) < 4.78 is 6.97. The number of benzene rings is 2. The van der Waals surface area contributed by atoms with E-state index in [9.17, 15) is 19.5 Å². The highest BCUT2D eigenvalue weighted by molar-refractivity contribution is 6.34. The Morgan fingerprint density at radius 2 is 1.65 bits per heavy atom. The minimum atomic E-state index is -1.43. The van der Waals surface area contributed by atoms with Gasteiger partial charge in [0.1, 0.15) is 11.6 Å². The van der Waals surface area contributed by atoms with E-state index >= 15 is 0 Å². The van der Waals surface area contributed by atoms with Gasteiger partial charge in [0.05, 0.1) is 40.8 Å². The second kappa shape index (κ2) is 9.87. The third kappa shape index (κ3) is 3.70. The van der Waals surface area contributed by atoms with Crippen LogP contribution in [-0.4, -0.2) is 76.6 Å². The lowest BCUT2D eigenvalue weighted by Crippen LogP contribution is -2.57. The highest BCUT2D eigenvalue weighted by atomic mass is 35.5. The van der Waals surface area contributed by atoms with Gasteiger partial charge in [-0.15, -0.1) is 0 Å². The van der Waals surface area contributed by atoms with Gasteiger partial charge in [-0.2, -0.15) is 0 Å². The normalized spacial score (nSPS) is 32.0. The smallest absolute Gasteiger partial charge is 0.253 e. The number of fused-ring (bicyclic) bond motifs is 2. The van der Waals surface area contributed by atoms with Crippen LogP contribution >= 0.6 is 11.6 Å². The van der Waals surface area contributed by atoms with E-state index < -0.39 is 41.7 Å². The molecule has 2 fully saturated rings. The van der Waals surface area contributed by atoms with Crippen LogP contribution in [0.2, 0.25) is 5.02 Å². The van der Waals surface area contributed by atoms with Crippen LogP contribution in [-0.2, 0) is 19.1 Å². The van der Waals surface area contributed by atoms with E-state index in [2.05, 4.69) is 0 Å². The summed E-state index contributed by atoms with van der Waals surface area (Å²) in [5.74, 6) is -2.75. The topological polar surface area (TPSA) is 90.4 Å². The summed E-state index contributed by atoms with van der Waals surface area (Å²) in [6.45, 7) is 2.14. The zero-order valence-corrected chi connectivity index (χ0v) is 23.2. The second-order valence-electron chi connectivity index (χ2n) is 10.9. The standard InChI is InChI=1S/C31H32ClN3O5/c1-3-30-15-9-17-33(2)27(37)24(30)25-28(38)35(23(19-36)20-11-5-4-6-12-20)26-29(39)34(18-10-16-31(25,26)40-30)22-14-8-7-13-21(22)32/h4-16,23-26,36H,3,17-19H2,1-2H3/t23-,24+,25+,26?,30-,31+/m1/s1.